The number of halogens is 1. The number of methoxy groups -OCH3 is 1. The largest absolute Gasteiger partial charge is 0.496 e. The van der Waals surface area contributed by atoms with Gasteiger partial charge in [-0.1, -0.05) is 11.6 Å². The SMILES string of the molecule is COc1cc(NC(=O)C2(C)CCCS2)c(Cl)cc1C(=O)O. The van der Waals surface area contributed by atoms with E-state index in [0.29, 0.717) is 5.69 Å². The van der Waals surface area contributed by atoms with E-state index in [1.54, 1.807) is 11.8 Å². The quantitative estimate of drug-likeness (QED) is 0.886. The number of rotatable bonds is 4. The molecule has 1 aliphatic rings. The van der Waals surface area contributed by atoms with Crippen LogP contribution in [0.3, 0.4) is 0 Å². The van der Waals surface area contributed by atoms with Crippen LogP contribution in [0.25, 0.3) is 0 Å². The maximum absolute atomic E-state index is 12.4. The highest BCUT2D eigenvalue weighted by Gasteiger charge is 2.37. The maximum atomic E-state index is 12.4. The Morgan fingerprint density at radius 1 is 1.48 bits per heavy atom. The minimum atomic E-state index is -1.13. The first-order valence-electron chi connectivity index (χ1n) is 6.43. The summed E-state index contributed by atoms with van der Waals surface area (Å²) >= 11 is 7.67. The summed E-state index contributed by atoms with van der Waals surface area (Å²) in [5.41, 5.74) is 0.319. The third-order valence-electron chi connectivity index (χ3n) is 3.47. The van der Waals surface area contributed by atoms with Crippen LogP contribution in [0, 0.1) is 0 Å². The van der Waals surface area contributed by atoms with Gasteiger partial charge in [0.25, 0.3) is 0 Å². The summed E-state index contributed by atoms with van der Waals surface area (Å²) in [6.07, 6.45) is 1.81. The monoisotopic (exact) mass is 329 g/mol. The smallest absolute Gasteiger partial charge is 0.339 e. The summed E-state index contributed by atoms with van der Waals surface area (Å²) < 4.78 is 4.57. The number of carboxylic acid groups (broad SMARTS) is 1. The summed E-state index contributed by atoms with van der Waals surface area (Å²) in [4.78, 5) is 23.5. The second kappa shape index (κ2) is 6.15. The number of aromatic carboxylic acids is 1. The van der Waals surface area contributed by atoms with Crippen molar-refractivity contribution in [1.29, 1.82) is 0 Å². The van der Waals surface area contributed by atoms with Gasteiger partial charge in [-0.05, 0) is 31.6 Å². The van der Waals surface area contributed by atoms with Crippen molar-refractivity contribution in [2.24, 2.45) is 0 Å². The summed E-state index contributed by atoms with van der Waals surface area (Å²) in [5.74, 6) is -0.146. The molecule has 1 aromatic rings. The first-order valence-corrected chi connectivity index (χ1v) is 7.80. The van der Waals surface area contributed by atoms with Crippen LogP contribution in [0.5, 0.6) is 5.75 Å². The number of carboxylic acids is 1. The van der Waals surface area contributed by atoms with Crippen LogP contribution in [-0.4, -0.2) is 34.6 Å². The van der Waals surface area contributed by atoms with Gasteiger partial charge in [0.15, 0.2) is 0 Å². The molecule has 0 aliphatic carbocycles. The normalized spacial score (nSPS) is 21.1. The highest BCUT2D eigenvalue weighted by molar-refractivity contribution is 8.01. The van der Waals surface area contributed by atoms with Gasteiger partial charge in [0, 0.05) is 6.07 Å². The molecule has 5 nitrogen and oxygen atoms in total. The van der Waals surface area contributed by atoms with Gasteiger partial charge in [-0.3, -0.25) is 4.79 Å². The van der Waals surface area contributed by atoms with E-state index in [0.717, 1.165) is 18.6 Å². The molecule has 2 N–H and O–H groups in total. The molecule has 1 atom stereocenters. The summed E-state index contributed by atoms with van der Waals surface area (Å²) in [5, 5.41) is 12.0. The number of hydrogen-bond acceptors (Lipinski definition) is 4. The second-order valence-corrected chi connectivity index (χ2v) is 6.98. The van der Waals surface area contributed by atoms with Crippen molar-refractivity contribution in [3.8, 4) is 5.75 Å². The van der Waals surface area contributed by atoms with Crippen molar-refractivity contribution in [2.75, 3.05) is 18.2 Å². The molecule has 1 fully saturated rings. The number of nitrogens with one attached hydrogen (secondary N) is 1. The van der Waals surface area contributed by atoms with Crippen molar-refractivity contribution in [1.82, 2.24) is 0 Å². The number of carbonyl (C=O) groups is 2. The Bertz CT molecular complexity index is 585. The molecular weight excluding hydrogens is 314 g/mol. The first-order chi connectivity index (χ1) is 9.87. The maximum Gasteiger partial charge on any atom is 0.339 e. The molecule has 0 saturated carbocycles. The fourth-order valence-corrected chi connectivity index (χ4v) is 3.62. The Morgan fingerprint density at radius 2 is 2.19 bits per heavy atom. The van der Waals surface area contributed by atoms with Crippen LogP contribution < -0.4 is 10.1 Å². The summed E-state index contributed by atoms with van der Waals surface area (Å²) in [6.45, 7) is 1.90. The lowest BCUT2D eigenvalue weighted by atomic mass is 10.0. The molecule has 1 aliphatic heterocycles. The molecular formula is C14H16ClNO4S. The predicted molar refractivity (Wildman–Crippen MR) is 83.7 cm³/mol. The number of benzene rings is 1. The molecule has 1 saturated heterocycles. The van der Waals surface area contributed by atoms with Gasteiger partial charge in [0.05, 0.1) is 22.6 Å². The number of carbonyl (C=O) groups excluding carboxylic acids is 1. The van der Waals surface area contributed by atoms with Gasteiger partial charge in [0.2, 0.25) is 5.91 Å². The van der Waals surface area contributed by atoms with Crippen molar-refractivity contribution >= 4 is 40.9 Å². The Labute approximate surface area is 132 Å². The van der Waals surface area contributed by atoms with Crippen LogP contribution in [0.15, 0.2) is 12.1 Å². The fraction of sp³-hybridized carbons (Fsp3) is 0.429. The minimum Gasteiger partial charge on any atom is -0.496 e. The molecule has 1 unspecified atom stereocenters. The van der Waals surface area contributed by atoms with Crippen LogP contribution in [0.1, 0.15) is 30.1 Å². The van der Waals surface area contributed by atoms with Crippen LogP contribution in [0.2, 0.25) is 5.02 Å². The minimum absolute atomic E-state index is 0.0399. The Kier molecular flexibility index (Phi) is 4.68. The summed E-state index contributed by atoms with van der Waals surface area (Å²) in [7, 11) is 1.37. The molecule has 0 aromatic heterocycles. The van der Waals surface area contributed by atoms with Crippen LogP contribution in [0.4, 0.5) is 5.69 Å². The molecule has 2 rings (SSSR count). The van der Waals surface area contributed by atoms with E-state index in [9.17, 15) is 9.59 Å². The second-order valence-electron chi connectivity index (χ2n) is 4.97. The third kappa shape index (κ3) is 3.27. The van der Waals surface area contributed by atoms with Crippen molar-refractivity contribution in [3.63, 3.8) is 0 Å². The van der Waals surface area contributed by atoms with Gasteiger partial charge in [-0.25, -0.2) is 4.79 Å². The van der Waals surface area contributed by atoms with Crippen molar-refractivity contribution in [2.45, 2.75) is 24.5 Å². The average Bonchev–Trinajstić information content (AvgIpc) is 2.88. The molecule has 1 aromatic carbocycles. The lowest BCUT2D eigenvalue weighted by Gasteiger charge is -2.22. The van der Waals surface area contributed by atoms with E-state index in [2.05, 4.69) is 5.32 Å². The number of thioether (sulfide) groups is 1. The number of anilines is 1. The van der Waals surface area contributed by atoms with Crippen LogP contribution in [-0.2, 0) is 4.79 Å². The van der Waals surface area contributed by atoms with Crippen LogP contribution >= 0.6 is 23.4 Å². The molecule has 114 valence electrons. The van der Waals surface area contributed by atoms with E-state index < -0.39 is 10.7 Å². The highest BCUT2D eigenvalue weighted by atomic mass is 35.5. The van der Waals surface area contributed by atoms with Gasteiger partial charge in [-0.15, -0.1) is 11.8 Å². The van der Waals surface area contributed by atoms with Gasteiger partial charge in [-0.2, -0.15) is 0 Å². The van der Waals surface area contributed by atoms with E-state index in [1.165, 1.54) is 19.2 Å². The Balaban J connectivity index is 2.28. The molecule has 0 bridgehead atoms. The van der Waals surface area contributed by atoms with E-state index in [-0.39, 0.29) is 22.2 Å². The highest BCUT2D eigenvalue weighted by Crippen LogP contribution is 2.39. The predicted octanol–water partition coefficient (Wildman–Crippen LogP) is 3.27. The van der Waals surface area contributed by atoms with Gasteiger partial charge < -0.3 is 15.2 Å². The van der Waals surface area contributed by atoms with E-state index in [1.807, 2.05) is 6.92 Å². The average molecular weight is 330 g/mol. The number of hydrogen-bond donors (Lipinski definition) is 2. The Hall–Kier alpha value is -1.40. The molecule has 0 spiro atoms. The Morgan fingerprint density at radius 3 is 2.71 bits per heavy atom. The lowest BCUT2D eigenvalue weighted by molar-refractivity contribution is -0.118. The number of amides is 1. The molecule has 7 heteroatoms. The standard InChI is InChI=1S/C14H16ClNO4S/c1-14(4-3-5-21-14)13(19)16-10-7-11(20-2)8(12(17)18)6-9(10)15/h6-7H,3-5H2,1-2H3,(H,16,19)(H,17,18). The number of ether oxygens (including phenoxy) is 1. The topological polar surface area (TPSA) is 75.6 Å². The lowest BCUT2D eigenvalue weighted by Crippen LogP contribution is -2.34. The zero-order valence-corrected chi connectivity index (χ0v) is 13.3. The van der Waals surface area contributed by atoms with E-state index in [4.69, 9.17) is 21.4 Å². The fourth-order valence-electron chi connectivity index (χ4n) is 2.20. The summed E-state index contributed by atoms with van der Waals surface area (Å²) in [6, 6.07) is 2.72. The van der Waals surface area contributed by atoms with Crippen molar-refractivity contribution < 1.29 is 19.4 Å². The zero-order chi connectivity index (χ0) is 15.6. The van der Waals surface area contributed by atoms with E-state index >= 15 is 0 Å². The molecule has 1 heterocycles. The first kappa shape index (κ1) is 16.0. The van der Waals surface area contributed by atoms with Gasteiger partial charge in [0.1, 0.15) is 11.3 Å². The van der Waals surface area contributed by atoms with Crippen molar-refractivity contribution in [3.05, 3.63) is 22.7 Å². The third-order valence-corrected chi connectivity index (χ3v) is 5.30. The molecule has 0 radical (unpaired) electrons. The molecule has 1 amide bonds. The molecule has 21 heavy (non-hydrogen) atoms. The van der Waals surface area contributed by atoms with Gasteiger partial charge >= 0.3 is 5.97 Å². The zero-order valence-electron chi connectivity index (χ0n) is 11.7.